The number of hydrogen-bond donors (Lipinski definition) is 0. The summed E-state index contributed by atoms with van der Waals surface area (Å²) in [5.41, 5.74) is 28.7. The molecule has 0 bridgehead atoms. The van der Waals surface area contributed by atoms with Crippen LogP contribution < -0.4 is 34.3 Å². The molecule has 115 heavy (non-hydrogen) atoms. The molecule has 3 aliphatic carbocycles. The second-order valence-electron chi connectivity index (χ2n) is 31.8. The molecule has 3 heterocycles. The van der Waals surface area contributed by atoms with Crippen molar-refractivity contribution < 1.29 is 13.2 Å². The number of fused-ring (bicyclic) bond motifs is 12. The van der Waals surface area contributed by atoms with E-state index < -0.39 is 33.7 Å². The van der Waals surface area contributed by atoms with Crippen LogP contribution in [-0.4, -0.2) is 0 Å². The van der Waals surface area contributed by atoms with Crippen LogP contribution in [0.1, 0.15) is 91.6 Å². The SMILES string of the molecule is CC1(C)c2cc(N(c3ccc(C#N)cc3)c3ccccc3F)ccc2-c2c1cc1c3c2N(c2ccccc2)c2cc4c(c5c2N3c2c(cc3c(c2N1c1ccccc1)-c1ccc(N(c2ccc(C#N)cc2)c2ccccc2F)cc1C3(C)C)N5c1ccccc1)-c1ccc(N(c2ccc(C#N)cc2)c2ccccc2F)cc1C4(C)C. The number of rotatable bonds is 12. The first-order chi connectivity index (χ1) is 56.0. The summed E-state index contributed by atoms with van der Waals surface area (Å²) in [7, 11) is 0. The summed E-state index contributed by atoms with van der Waals surface area (Å²) in [4.78, 5) is 16.0. The van der Waals surface area contributed by atoms with Gasteiger partial charge in [0.25, 0.3) is 0 Å². The number of nitrogens with zero attached hydrogens (tertiary/aromatic N) is 10. The van der Waals surface area contributed by atoms with E-state index in [1.165, 1.54) is 18.2 Å². The molecule has 15 aromatic carbocycles. The molecule has 0 N–H and O–H groups in total. The van der Waals surface area contributed by atoms with Gasteiger partial charge in [-0.2, -0.15) is 15.8 Å². The van der Waals surface area contributed by atoms with Gasteiger partial charge in [-0.05, 0) is 250 Å². The maximum atomic E-state index is 16.8. The third kappa shape index (κ3) is 9.79. The Hall–Kier alpha value is -14.8. The number of hydrogen-bond acceptors (Lipinski definition) is 10. The van der Waals surface area contributed by atoms with Gasteiger partial charge in [-0.3, -0.25) is 4.90 Å². The van der Waals surface area contributed by atoms with E-state index in [0.717, 1.165) is 152 Å². The Labute approximate surface area is 665 Å². The summed E-state index contributed by atoms with van der Waals surface area (Å²) in [5.74, 6) is -1.19. The molecule has 548 valence electrons. The molecule has 0 amide bonds. The van der Waals surface area contributed by atoms with Crippen molar-refractivity contribution in [3.63, 3.8) is 0 Å². The van der Waals surface area contributed by atoms with E-state index in [1.807, 2.05) is 69.3 Å². The summed E-state index contributed by atoms with van der Waals surface area (Å²) >= 11 is 0. The van der Waals surface area contributed by atoms with Gasteiger partial charge in [0, 0.05) is 84.1 Å². The van der Waals surface area contributed by atoms with Crippen molar-refractivity contribution in [2.75, 3.05) is 34.3 Å². The van der Waals surface area contributed by atoms with E-state index in [9.17, 15) is 15.8 Å². The summed E-state index contributed by atoms with van der Waals surface area (Å²) in [5, 5.41) is 30.1. The minimum Gasteiger partial charge on any atom is -0.308 e. The average Bonchev–Trinajstić information content (AvgIpc) is 1.61. The molecule has 0 spiro atoms. The van der Waals surface area contributed by atoms with E-state index in [-0.39, 0.29) is 0 Å². The first-order valence-corrected chi connectivity index (χ1v) is 38.6. The monoisotopic (exact) mass is 1490 g/mol. The van der Waals surface area contributed by atoms with Crippen LogP contribution in [0.5, 0.6) is 0 Å². The standard InChI is InChI=1S/C102H69F3N10/c1-100(2)76-52-70(109(85-31-19-16-28-82(85)103)67-40-34-61(58-106)35-41-67)46-49-73(76)91-79(100)55-88-94-97(91)113(65-24-12-8-13-25-65)89-56-80-93(75-51-48-72(54-78(75)101(80,3)4)111(87-33-21-18-30-84(87)105)69-44-38-63(60-108)39-45-69)99-95(89)115(94)96-90(114(99)66-26-14-9-15-27-66)57-81-92(98(96)112(88)64-22-10-7-11-23-64)74-50-47-71(53-77(74)102(81,5)6)110(86-32-20-17-29-83(86)104)68-42-36-62(59-107)37-43-68/h7-57H,1-6H3. The largest absolute Gasteiger partial charge is 0.308 e. The molecule has 0 fully saturated rings. The highest BCUT2D eigenvalue weighted by molar-refractivity contribution is 6.27. The molecule has 21 rings (SSSR count). The van der Waals surface area contributed by atoms with Crippen molar-refractivity contribution in [1.29, 1.82) is 15.8 Å². The molecule has 13 heteroatoms. The molecular formula is C102H69F3N10. The van der Waals surface area contributed by atoms with Gasteiger partial charge in [0.15, 0.2) is 0 Å². The number of halogens is 3. The molecular weight excluding hydrogens is 1420 g/mol. The van der Waals surface area contributed by atoms with Crippen molar-refractivity contribution in [3.8, 4) is 51.6 Å². The predicted octanol–water partition coefficient (Wildman–Crippen LogP) is 27.9. The number of benzene rings is 15. The van der Waals surface area contributed by atoms with Gasteiger partial charge < -0.3 is 29.4 Å². The van der Waals surface area contributed by atoms with Crippen LogP contribution in [-0.2, 0) is 16.2 Å². The number of nitriles is 3. The van der Waals surface area contributed by atoms with Gasteiger partial charge in [0.05, 0.1) is 103 Å². The van der Waals surface area contributed by atoms with Gasteiger partial charge in [-0.1, -0.05) is 151 Å². The van der Waals surface area contributed by atoms with E-state index >= 15 is 13.2 Å². The summed E-state index contributed by atoms with van der Waals surface area (Å²) in [6.07, 6.45) is 0. The molecule has 0 unspecified atom stereocenters. The first kappa shape index (κ1) is 68.2. The zero-order valence-electron chi connectivity index (χ0n) is 63.6. The van der Waals surface area contributed by atoms with Gasteiger partial charge in [0.1, 0.15) is 17.5 Å². The Bertz CT molecular complexity index is 6150. The van der Waals surface area contributed by atoms with Crippen LogP contribution in [0, 0.1) is 51.4 Å². The van der Waals surface area contributed by atoms with E-state index in [4.69, 9.17) is 0 Å². The fourth-order valence-corrected chi connectivity index (χ4v) is 19.2. The highest BCUT2D eigenvalue weighted by atomic mass is 19.1. The molecule has 0 aromatic heterocycles. The first-order valence-electron chi connectivity index (χ1n) is 38.6. The van der Waals surface area contributed by atoms with Crippen molar-refractivity contribution in [3.05, 3.63) is 377 Å². The lowest BCUT2D eigenvalue weighted by Gasteiger charge is -2.53. The molecule has 0 saturated carbocycles. The molecule has 10 nitrogen and oxygen atoms in total. The average molecular weight is 1490 g/mol. The van der Waals surface area contributed by atoms with Crippen molar-refractivity contribution in [2.45, 2.75) is 57.8 Å². The maximum absolute atomic E-state index is 16.8. The molecule has 6 aliphatic rings. The van der Waals surface area contributed by atoms with Crippen LogP contribution in [0.15, 0.2) is 309 Å². The lowest BCUT2D eigenvalue weighted by atomic mass is 9.78. The van der Waals surface area contributed by atoms with Crippen LogP contribution in [0.2, 0.25) is 0 Å². The van der Waals surface area contributed by atoms with Crippen LogP contribution >= 0.6 is 0 Å². The Morgan fingerprint density at radius 2 is 0.496 bits per heavy atom. The summed E-state index contributed by atoms with van der Waals surface area (Å²) in [6.45, 7) is 13.9. The molecule has 0 saturated heterocycles. The van der Waals surface area contributed by atoms with Crippen LogP contribution in [0.25, 0.3) is 33.4 Å². The van der Waals surface area contributed by atoms with E-state index in [1.54, 1.807) is 72.8 Å². The molecule has 3 aliphatic heterocycles. The molecule has 15 aromatic rings. The van der Waals surface area contributed by atoms with Crippen molar-refractivity contribution >= 4 is 119 Å². The Balaban J connectivity index is 0.888. The Kier molecular flexibility index (Phi) is 14.9. The van der Waals surface area contributed by atoms with Crippen molar-refractivity contribution in [1.82, 2.24) is 0 Å². The molecule has 0 atom stereocenters. The van der Waals surface area contributed by atoms with Crippen molar-refractivity contribution in [2.24, 2.45) is 0 Å². The quantitative estimate of drug-likeness (QED) is 0.118. The van der Waals surface area contributed by atoms with Gasteiger partial charge in [0.2, 0.25) is 0 Å². The summed E-state index contributed by atoms with van der Waals surface area (Å²) < 4.78 is 50.3. The predicted molar refractivity (Wildman–Crippen MR) is 457 cm³/mol. The van der Waals surface area contributed by atoms with Gasteiger partial charge in [-0.25, -0.2) is 13.2 Å². The minimum absolute atomic E-state index is 0.361. The lowest BCUT2D eigenvalue weighted by Crippen LogP contribution is -2.37. The fraction of sp³-hybridized carbons (Fsp3) is 0.0882. The normalized spacial score (nSPS) is 14.2. The number of anilines is 21. The highest BCUT2D eigenvalue weighted by Crippen LogP contribution is 2.78. The highest BCUT2D eigenvalue weighted by Gasteiger charge is 2.55. The van der Waals surface area contributed by atoms with Gasteiger partial charge >= 0.3 is 0 Å². The zero-order chi connectivity index (χ0) is 78.2. The number of para-hydroxylation sites is 6. The smallest absolute Gasteiger partial charge is 0.147 e. The topological polar surface area (TPSA) is 94.1 Å². The van der Waals surface area contributed by atoms with Crippen LogP contribution in [0.4, 0.5) is 133 Å². The fourth-order valence-electron chi connectivity index (χ4n) is 19.2. The second-order valence-corrected chi connectivity index (χ2v) is 31.8. The third-order valence-electron chi connectivity index (χ3n) is 24.5. The van der Waals surface area contributed by atoms with Crippen LogP contribution in [0.3, 0.4) is 0 Å². The van der Waals surface area contributed by atoms with Gasteiger partial charge in [-0.15, -0.1) is 0 Å². The van der Waals surface area contributed by atoms with E-state index in [0.29, 0.717) is 50.8 Å². The Morgan fingerprint density at radius 1 is 0.252 bits per heavy atom. The zero-order valence-corrected chi connectivity index (χ0v) is 63.6. The Morgan fingerprint density at radius 3 is 0.748 bits per heavy atom. The lowest BCUT2D eigenvalue weighted by molar-refractivity contribution is 0.628. The third-order valence-corrected chi connectivity index (χ3v) is 24.5. The maximum Gasteiger partial charge on any atom is 0.147 e. The molecule has 0 radical (unpaired) electrons. The second kappa shape index (κ2) is 25.1. The minimum atomic E-state index is -0.735. The summed E-state index contributed by atoms with van der Waals surface area (Å²) in [6, 6.07) is 108. The van der Waals surface area contributed by atoms with E-state index in [2.05, 4.69) is 243 Å².